The van der Waals surface area contributed by atoms with Gasteiger partial charge >= 0.3 is 0 Å². The van der Waals surface area contributed by atoms with Crippen LogP contribution in [0.4, 0.5) is 68.2 Å². The molecule has 0 amide bonds. The Morgan fingerprint density at radius 2 is 0.342 bits per heavy atom. The number of aromatic nitrogens is 2. The number of fused-ring (bicyclic) bond motifs is 6. The SMILES string of the molecule is c1ccc(N(c2ccccc2)c2ccc3c(c2)c2cc(N(c4ccccc4)c4ccccc4)ccc2n3Cn2c3ccc(N(c4ccccc4)c4ccccc4)cc3c3cc(N(c4ccccc4)c4ccccc4)ccc32)cc1. The van der Waals surface area contributed by atoms with Crippen LogP contribution < -0.4 is 19.6 Å². The van der Waals surface area contributed by atoms with Crippen molar-refractivity contribution < 1.29 is 0 Å². The van der Waals surface area contributed by atoms with Gasteiger partial charge in [-0.15, -0.1) is 0 Å². The molecular formula is C73H54N6. The molecule has 12 aromatic carbocycles. The summed E-state index contributed by atoms with van der Waals surface area (Å²) in [6.07, 6.45) is 0. The van der Waals surface area contributed by atoms with Crippen LogP contribution in [0.15, 0.2) is 315 Å². The third kappa shape index (κ3) is 8.77. The summed E-state index contributed by atoms with van der Waals surface area (Å²) in [5.41, 5.74) is 17.7. The van der Waals surface area contributed by atoms with Gasteiger partial charge in [0.05, 0.1) is 22.1 Å². The van der Waals surface area contributed by atoms with E-state index in [1.165, 1.54) is 21.5 Å². The maximum Gasteiger partial charge on any atom is 0.100 e. The van der Waals surface area contributed by atoms with Crippen molar-refractivity contribution in [2.24, 2.45) is 0 Å². The molecule has 0 radical (unpaired) electrons. The summed E-state index contributed by atoms with van der Waals surface area (Å²) < 4.78 is 5.04. The third-order valence-electron chi connectivity index (χ3n) is 15.1. The zero-order valence-corrected chi connectivity index (χ0v) is 43.4. The second-order valence-corrected chi connectivity index (χ2v) is 19.8. The van der Waals surface area contributed by atoms with Gasteiger partial charge in [-0.2, -0.15) is 0 Å². The summed E-state index contributed by atoms with van der Waals surface area (Å²) in [6, 6.07) is 113. The molecule has 79 heavy (non-hydrogen) atoms. The summed E-state index contributed by atoms with van der Waals surface area (Å²) in [7, 11) is 0. The van der Waals surface area contributed by atoms with Gasteiger partial charge in [0.15, 0.2) is 0 Å². The molecule has 0 aliphatic carbocycles. The Balaban J connectivity index is 1.00. The molecule has 6 nitrogen and oxygen atoms in total. The molecule has 0 saturated carbocycles. The molecule has 0 bridgehead atoms. The fourth-order valence-electron chi connectivity index (χ4n) is 11.6. The first kappa shape index (κ1) is 46.9. The highest BCUT2D eigenvalue weighted by molar-refractivity contribution is 6.13. The van der Waals surface area contributed by atoms with E-state index in [2.05, 4.69) is 344 Å². The van der Waals surface area contributed by atoms with Gasteiger partial charge in [0.1, 0.15) is 6.67 Å². The van der Waals surface area contributed by atoms with Gasteiger partial charge in [-0.3, -0.25) is 0 Å². The molecule has 0 fully saturated rings. The van der Waals surface area contributed by atoms with Crippen LogP contribution in [0, 0.1) is 0 Å². The first-order valence-electron chi connectivity index (χ1n) is 26.9. The maximum atomic E-state index is 2.52. The van der Waals surface area contributed by atoms with Crippen LogP contribution in [0.25, 0.3) is 43.6 Å². The van der Waals surface area contributed by atoms with Gasteiger partial charge in [0, 0.05) is 89.8 Å². The number of nitrogens with zero attached hydrogens (tertiary/aromatic N) is 6. The molecule has 0 saturated heterocycles. The monoisotopic (exact) mass is 1010 g/mol. The molecule has 2 aromatic heterocycles. The van der Waals surface area contributed by atoms with Crippen LogP contribution in [0.2, 0.25) is 0 Å². The quantitative estimate of drug-likeness (QED) is 0.108. The molecule has 14 rings (SSSR count). The van der Waals surface area contributed by atoms with Gasteiger partial charge < -0.3 is 28.7 Å². The molecule has 0 atom stereocenters. The van der Waals surface area contributed by atoms with Crippen molar-refractivity contribution in [2.45, 2.75) is 6.67 Å². The summed E-state index contributed by atoms with van der Waals surface area (Å²) in [6.45, 7) is 0.557. The lowest BCUT2D eigenvalue weighted by Gasteiger charge is -2.26. The average molecular weight is 1020 g/mol. The lowest BCUT2D eigenvalue weighted by Crippen LogP contribution is -2.11. The Labute approximate surface area is 460 Å². The molecule has 376 valence electrons. The van der Waals surface area contributed by atoms with E-state index in [0.717, 1.165) is 90.3 Å². The minimum absolute atomic E-state index is 0.557. The van der Waals surface area contributed by atoms with Crippen molar-refractivity contribution in [1.82, 2.24) is 9.13 Å². The summed E-state index contributed by atoms with van der Waals surface area (Å²) in [5.74, 6) is 0. The first-order valence-corrected chi connectivity index (χ1v) is 26.9. The van der Waals surface area contributed by atoms with Crippen molar-refractivity contribution in [1.29, 1.82) is 0 Å². The van der Waals surface area contributed by atoms with E-state index in [1.807, 2.05) is 0 Å². The number of hydrogen-bond acceptors (Lipinski definition) is 4. The zero-order valence-electron chi connectivity index (χ0n) is 43.4. The molecule has 0 unspecified atom stereocenters. The summed E-state index contributed by atoms with van der Waals surface area (Å²) in [4.78, 5) is 9.43. The maximum absolute atomic E-state index is 2.52. The van der Waals surface area contributed by atoms with E-state index in [-0.39, 0.29) is 0 Å². The van der Waals surface area contributed by atoms with Crippen molar-refractivity contribution in [3.05, 3.63) is 315 Å². The molecular weight excluding hydrogens is 961 g/mol. The first-order chi connectivity index (χ1) is 39.2. The van der Waals surface area contributed by atoms with Crippen molar-refractivity contribution in [2.75, 3.05) is 19.6 Å². The van der Waals surface area contributed by atoms with Gasteiger partial charge in [-0.05, 0) is 170 Å². The van der Waals surface area contributed by atoms with Gasteiger partial charge in [-0.1, -0.05) is 146 Å². The minimum atomic E-state index is 0.557. The lowest BCUT2D eigenvalue weighted by molar-refractivity contribution is 0.682. The summed E-state index contributed by atoms with van der Waals surface area (Å²) in [5, 5.41) is 4.67. The van der Waals surface area contributed by atoms with Crippen LogP contribution in [-0.4, -0.2) is 9.13 Å². The standard InChI is InChI=1S/C73H54N6/c1-9-25-54(26-10-1)76(55-27-11-2-12-28-55)62-41-45-70-66(49-62)67-50-63(77(56-29-13-3-14-30-56)57-31-15-4-16-32-57)42-46-71(67)74(70)53-75-72-47-43-64(78(58-33-17-5-18-34-58)59-35-19-6-20-36-59)51-68(72)69-52-65(44-48-73(69)75)79(60-37-21-7-22-38-60)61-39-23-8-24-40-61/h1-52H,53H2. The van der Waals surface area contributed by atoms with E-state index in [9.17, 15) is 0 Å². The van der Waals surface area contributed by atoms with Crippen LogP contribution >= 0.6 is 0 Å². The molecule has 14 aromatic rings. The average Bonchev–Trinajstić information content (AvgIpc) is 4.13. The molecule has 0 aliphatic heterocycles. The van der Waals surface area contributed by atoms with E-state index in [1.54, 1.807) is 0 Å². The second kappa shape index (κ2) is 20.5. The van der Waals surface area contributed by atoms with Gasteiger partial charge in [0.25, 0.3) is 0 Å². The Bertz CT molecular complexity index is 3650. The van der Waals surface area contributed by atoms with Crippen LogP contribution in [0.1, 0.15) is 0 Å². The van der Waals surface area contributed by atoms with E-state index >= 15 is 0 Å². The van der Waals surface area contributed by atoms with E-state index in [4.69, 9.17) is 0 Å². The number of benzene rings is 12. The lowest BCUT2D eigenvalue weighted by atomic mass is 10.1. The molecule has 0 aliphatic rings. The smallest absolute Gasteiger partial charge is 0.100 e. The highest BCUT2D eigenvalue weighted by Gasteiger charge is 2.23. The highest BCUT2D eigenvalue weighted by atomic mass is 15.2. The largest absolute Gasteiger partial charge is 0.322 e. The minimum Gasteiger partial charge on any atom is -0.322 e. The molecule has 6 heteroatoms. The fraction of sp³-hybridized carbons (Fsp3) is 0.0137. The van der Waals surface area contributed by atoms with Crippen LogP contribution in [0.3, 0.4) is 0 Å². The predicted octanol–water partition coefficient (Wildman–Crippen LogP) is 20.3. The van der Waals surface area contributed by atoms with Gasteiger partial charge in [-0.25, -0.2) is 0 Å². The number of para-hydroxylation sites is 8. The van der Waals surface area contributed by atoms with E-state index in [0.29, 0.717) is 6.67 Å². The topological polar surface area (TPSA) is 22.8 Å². The van der Waals surface area contributed by atoms with Crippen LogP contribution in [-0.2, 0) is 6.67 Å². The second-order valence-electron chi connectivity index (χ2n) is 19.8. The van der Waals surface area contributed by atoms with Crippen molar-refractivity contribution in [3.8, 4) is 0 Å². The number of anilines is 12. The Morgan fingerprint density at radius 1 is 0.177 bits per heavy atom. The number of rotatable bonds is 14. The van der Waals surface area contributed by atoms with Crippen LogP contribution in [0.5, 0.6) is 0 Å². The fourth-order valence-corrected chi connectivity index (χ4v) is 11.6. The predicted molar refractivity (Wildman–Crippen MR) is 333 cm³/mol. The van der Waals surface area contributed by atoms with Crippen molar-refractivity contribution >= 4 is 112 Å². The Kier molecular flexibility index (Phi) is 12.2. The Morgan fingerprint density at radius 3 is 0.506 bits per heavy atom. The molecule has 2 heterocycles. The summed E-state index contributed by atoms with van der Waals surface area (Å²) >= 11 is 0. The zero-order chi connectivity index (χ0) is 52.5. The third-order valence-corrected chi connectivity index (χ3v) is 15.1. The normalized spacial score (nSPS) is 11.3. The van der Waals surface area contributed by atoms with E-state index < -0.39 is 0 Å². The number of hydrogen-bond donors (Lipinski definition) is 0. The molecule has 0 N–H and O–H groups in total. The molecule has 0 spiro atoms. The van der Waals surface area contributed by atoms with Gasteiger partial charge in [0.2, 0.25) is 0 Å². The highest BCUT2D eigenvalue weighted by Crippen LogP contribution is 2.45. The Hall–Kier alpha value is -10.6. The van der Waals surface area contributed by atoms with Crippen molar-refractivity contribution in [3.63, 3.8) is 0 Å².